The number of nitrogens with zero attached hydrogens (tertiary/aromatic N) is 2. The van der Waals surface area contributed by atoms with Crippen LogP contribution in [0.4, 0.5) is 5.69 Å². The summed E-state index contributed by atoms with van der Waals surface area (Å²) in [6.45, 7) is 3.94. The standard InChI is InChI=1S/C15H15N3O2/c1-3-20-15(19)14-13(17)11(8-16)9-18(14)12-6-4-10(2)5-7-12/h4-7,9H,3,17H2,1-2H3. The summed E-state index contributed by atoms with van der Waals surface area (Å²) in [6, 6.07) is 9.55. The number of ether oxygens (including phenoxy) is 1. The average molecular weight is 269 g/mol. The fraction of sp³-hybridized carbons (Fsp3) is 0.200. The number of benzene rings is 1. The van der Waals surface area contributed by atoms with Crippen LogP contribution in [0.15, 0.2) is 30.5 Å². The minimum Gasteiger partial charge on any atom is -0.461 e. The van der Waals surface area contributed by atoms with Gasteiger partial charge in [0.25, 0.3) is 0 Å². The normalized spacial score (nSPS) is 10.1. The molecule has 0 atom stereocenters. The number of esters is 1. The van der Waals surface area contributed by atoms with Gasteiger partial charge in [0.05, 0.1) is 17.9 Å². The van der Waals surface area contributed by atoms with E-state index >= 15 is 0 Å². The Hall–Kier alpha value is -2.74. The van der Waals surface area contributed by atoms with Gasteiger partial charge in [0.1, 0.15) is 6.07 Å². The minimum atomic E-state index is -0.535. The van der Waals surface area contributed by atoms with Crippen LogP contribution in [0.2, 0.25) is 0 Å². The second-order valence-electron chi connectivity index (χ2n) is 4.34. The van der Waals surface area contributed by atoms with Crippen LogP contribution in [0, 0.1) is 18.3 Å². The molecule has 1 aromatic carbocycles. The summed E-state index contributed by atoms with van der Waals surface area (Å²) in [5.41, 5.74) is 8.32. The van der Waals surface area contributed by atoms with Gasteiger partial charge in [-0.2, -0.15) is 5.26 Å². The molecule has 0 aliphatic carbocycles. The van der Waals surface area contributed by atoms with Gasteiger partial charge in [-0.25, -0.2) is 4.79 Å². The Morgan fingerprint density at radius 1 is 1.40 bits per heavy atom. The topological polar surface area (TPSA) is 81.0 Å². The Bertz CT molecular complexity index is 678. The fourth-order valence-corrected chi connectivity index (χ4v) is 1.93. The van der Waals surface area contributed by atoms with Gasteiger partial charge < -0.3 is 15.0 Å². The molecule has 102 valence electrons. The number of anilines is 1. The predicted molar refractivity (Wildman–Crippen MR) is 75.6 cm³/mol. The van der Waals surface area contributed by atoms with Crippen molar-refractivity contribution in [2.24, 2.45) is 0 Å². The summed E-state index contributed by atoms with van der Waals surface area (Å²) in [5.74, 6) is -0.535. The number of carbonyl (C=O) groups is 1. The lowest BCUT2D eigenvalue weighted by atomic mass is 10.2. The zero-order chi connectivity index (χ0) is 14.7. The number of hydrogen-bond acceptors (Lipinski definition) is 4. The SMILES string of the molecule is CCOC(=O)c1c(N)c(C#N)cn1-c1ccc(C)cc1. The van der Waals surface area contributed by atoms with Gasteiger partial charge in [-0.05, 0) is 26.0 Å². The lowest BCUT2D eigenvalue weighted by molar-refractivity contribution is 0.0518. The van der Waals surface area contributed by atoms with Crippen LogP contribution in [0.5, 0.6) is 0 Å². The molecule has 0 fully saturated rings. The number of aryl methyl sites for hydroxylation is 1. The largest absolute Gasteiger partial charge is 0.461 e. The van der Waals surface area contributed by atoms with Gasteiger partial charge in [0.15, 0.2) is 5.69 Å². The van der Waals surface area contributed by atoms with Crippen molar-refractivity contribution in [2.45, 2.75) is 13.8 Å². The minimum absolute atomic E-state index is 0.145. The number of nitrogens with two attached hydrogens (primary N) is 1. The van der Waals surface area contributed by atoms with Crippen LogP contribution in [0.25, 0.3) is 5.69 Å². The Labute approximate surface area is 117 Å². The van der Waals surface area contributed by atoms with Crippen molar-refractivity contribution in [3.05, 3.63) is 47.3 Å². The molecule has 0 amide bonds. The third-order valence-corrected chi connectivity index (χ3v) is 2.95. The van der Waals surface area contributed by atoms with E-state index in [1.165, 1.54) is 0 Å². The first kappa shape index (κ1) is 13.7. The Kier molecular flexibility index (Phi) is 3.76. The third-order valence-electron chi connectivity index (χ3n) is 2.95. The first-order chi connectivity index (χ1) is 9.58. The molecule has 0 spiro atoms. The lowest BCUT2D eigenvalue weighted by Gasteiger charge is -2.09. The maximum absolute atomic E-state index is 12.0. The monoisotopic (exact) mass is 269 g/mol. The van der Waals surface area contributed by atoms with E-state index in [0.717, 1.165) is 11.3 Å². The molecule has 0 unspecified atom stereocenters. The molecule has 0 aliphatic heterocycles. The molecule has 0 radical (unpaired) electrons. The maximum Gasteiger partial charge on any atom is 0.357 e. The lowest BCUT2D eigenvalue weighted by Crippen LogP contribution is -2.12. The number of carbonyl (C=O) groups excluding carboxylic acids is 1. The van der Waals surface area contributed by atoms with Crippen LogP contribution in [0.1, 0.15) is 28.5 Å². The number of rotatable bonds is 3. The number of hydrogen-bond donors (Lipinski definition) is 1. The van der Waals surface area contributed by atoms with E-state index in [4.69, 9.17) is 15.7 Å². The molecule has 0 aliphatic rings. The maximum atomic E-state index is 12.0. The van der Waals surface area contributed by atoms with E-state index in [-0.39, 0.29) is 23.6 Å². The highest BCUT2D eigenvalue weighted by molar-refractivity contribution is 5.96. The number of aromatic nitrogens is 1. The van der Waals surface area contributed by atoms with Crippen LogP contribution in [-0.4, -0.2) is 17.1 Å². The zero-order valence-corrected chi connectivity index (χ0v) is 11.4. The highest BCUT2D eigenvalue weighted by Gasteiger charge is 2.21. The molecule has 0 bridgehead atoms. The van der Waals surface area contributed by atoms with Gasteiger partial charge in [-0.3, -0.25) is 0 Å². The highest BCUT2D eigenvalue weighted by Crippen LogP contribution is 2.24. The van der Waals surface area contributed by atoms with Crippen molar-refractivity contribution in [1.82, 2.24) is 4.57 Å². The van der Waals surface area contributed by atoms with Crippen molar-refractivity contribution in [1.29, 1.82) is 5.26 Å². The molecule has 2 aromatic rings. The molecule has 0 saturated heterocycles. The number of nitrogen functional groups attached to an aromatic ring is 1. The predicted octanol–water partition coefficient (Wildman–Crippen LogP) is 2.42. The number of nitriles is 1. The molecule has 1 aromatic heterocycles. The van der Waals surface area contributed by atoms with Crippen LogP contribution < -0.4 is 5.73 Å². The molecular formula is C15H15N3O2. The molecule has 0 saturated carbocycles. The summed E-state index contributed by atoms with van der Waals surface area (Å²) >= 11 is 0. The Morgan fingerprint density at radius 3 is 2.60 bits per heavy atom. The van der Waals surface area contributed by atoms with E-state index in [0.29, 0.717) is 0 Å². The second-order valence-corrected chi connectivity index (χ2v) is 4.34. The van der Waals surface area contributed by atoms with Crippen LogP contribution >= 0.6 is 0 Å². The first-order valence-corrected chi connectivity index (χ1v) is 6.23. The van der Waals surface area contributed by atoms with Gasteiger partial charge in [0, 0.05) is 11.9 Å². The van der Waals surface area contributed by atoms with Crippen LogP contribution in [-0.2, 0) is 4.74 Å². The van der Waals surface area contributed by atoms with Gasteiger partial charge in [-0.15, -0.1) is 0 Å². The molecule has 2 rings (SSSR count). The molecule has 5 heteroatoms. The molecule has 2 N–H and O–H groups in total. The smallest absolute Gasteiger partial charge is 0.357 e. The van der Waals surface area contributed by atoms with E-state index < -0.39 is 5.97 Å². The molecule has 1 heterocycles. The average Bonchev–Trinajstić information content (AvgIpc) is 2.77. The van der Waals surface area contributed by atoms with Crippen molar-refractivity contribution >= 4 is 11.7 Å². The molecule has 5 nitrogen and oxygen atoms in total. The first-order valence-electron chi connectivity index (χ1n) is 6.23. The quantitative estimate of drug-likeness (QED) is 0.867. The van der Waals surface area contributed by atoms with Crippen LogP contribution in [0.3, 0.4) is 0 Å². The zero-order valence-electron chi connectivity index (χ0n) is 11.4. The van der Waals surface area contributed by atoms with Crippen molar-refractivity contribution in [3.63, 3.8) is 0 Å². The van der Waals surface area contributed by atoms with E-state index in [2.05, 4.69) is 0 Å². The Morgan fingerprint density at radius 2 is 2.05 bits per heavy atom. The van der Waals surface area contributed by atoms with E-state index in [1.54, 1.807) is 17.7 Å². The highest BCUT2D eigenvalue weighted by atomic mass is 16.5. The molecule has 20 heavy (non-hydrogen) atoms. The Balaban J connectivity index is 2.60. The second kappa shape index (κ2) is 5.49. The van der Waals surface area contributed by atoms with Gasteiger partial charge in [0.2, 0.25) is 0 Å². The summed E-state index contributed by atoms with van der Waals surface area (Å²) in [5, 5.41) is 9.06. The summed E-state index contributed by atoms with van der Waals surface area (Å²) < 4.78 is 6.59. The van der Waals surface area contributed by atoms with Gasteiger partial charge >= 0.3 is 5.97 Å². The summed E-state index contributed by atoms with van der Waals surface area (Å²) in [6.07, 6.45) is 1.55. The molecular weight excluding hydrogens is 254 g/mol. The third kappa shape index (κ3) is 2.36. The summed E-state index contributed by atoms with van der Waals surface area (Å²) in [4.78, 5) is 12.0. The van der Waals surface area contributed by atoms with Crippen molar-refractivity contribution in [3.8, 4) is 11.8 Å². The van der Waals surface area contributed by atoms with Crippen molar-refractivity contribution in [2.75, 3.05) is 12.3 Å². The van der Waals surface area contributed by atoms with E-state index in [1.807, 2.05) is 37.3 Å². The summed E-state index contributed by atoms with van der Waals surface area (Å²) in [7, 11) is 0. The van der Waals surface area contributed by atoms with Crippen molar-refractivity contribution < 1.29 is 9.53 Å². The van der Waals surface area contributed by atoms with Gasteiger partial charge in [-0.1, -0.05) is 17.7 Å². The fourth-order valence-electron chi connectivity index (χ4n) is 1.93. The van der Waals surface area contributed by atoms with E-state index in [9.17, 15) is 4.79 Å².